The van der Waals surface area contributed by atoms with Crippen LogP contribution in [-0.2, 0) is 17.7 Å². The second-order valence-corrected chi connectivity index (χ2v) is 7.64. The topological polar surface area (TPSA) is 96.7 Å². The molecule has 0 saturated heterocycles. The van der Waals surface area contributed by atoms with Gasteiger partial charge in [0, 0.05) is 46.7 Å². The quantitative estimate of drug-likeness (QED) is 0.317. The molecule has 0 bridgehead atoms. The van der Waals surface area contributed by atoms with E-state index in [1.807, 2.05) is 25.3 Å². The van der Waals surface area contributed by atoms with Gasteiger partial charge in [-0.3, -0.25) is 4.99 Å². The highest BCUT2D eigenvalue weighted by molar-refractivity contribution is 14.0. The second-order valence-electron chi connectivity index (χ2n) is 7.64. The zero-order valence-corrected chi connectivity index (χ0v) is 20.5. The molecule has 1 aromatic heterocycles. The van der Waals surface area contributed by atoms with Crippen molar-refractivity contribution < 1.29 is 9.53 Å². The van der Waals surface area contributed by atoms with E-state index in [-0.39, 0.29) is 36.0 Å². The number of ether oxygens (including phenoxy) is 1. The van der Waals surface area contributed by atoms with Gasteiger partial charge in [-0.2, -0.15) is 0 Å². The van der Waals surface area contributed by atoms with Crippen molar-refractivity contribution in [1.82, 2.24) is 30.3 Å². The minimum Gasteiger partial charge on any atom is -0.444 e. The highest BCUT2D eigenvalue weighted by atomic mass is 127. The molecule has 0 aliphatic carbocycles. The maximum absolute atomic E-state index is 12.0. The molecule has 2 N–H and O–H groups in total. The van der Waals surface area contributed by atoms with Gasteiger partial charge in [0.25, 0.3) is 0 Å². The Morgan fingerprint density at radius 1 is 1.39 bits per heavy atom. The fourth-order valence-corrected chi connectivity index (χ4v) is 2.47. The lowest BCUT2D eigenvalue weighted by Gasteiger charge is -2.26. The maximum atomic E-state index is 12.0. The number of nitrogens with one attached hydrogen (secondary N) is 2. The summed E-state index contributed by atoms with van der Waals surface area (Å²) in [5.74, 6) is 1.94. The standard InChI is InChI=1S/C18H35N7O2.HI/c1-8-15-23-22-13-25(15)10-9-20-16(19-6)21-11-14(2)12-24(7)17(26)27-18(3,4)5;/h13-14H,8-12H2,1-7H3,(H2,19,20,21);1H. The molecule has 28 heavy (non-hydrogen) atoms. The van der Waals surface area contributed by atoms with Gasteiger partial charge in [0.05, 0.1) is 0 Å². The molecule has 0 aliphatic rings. The molecule has 1 heterocycles. The minimum atomic E-state index is -0.485. The Bertz CT molecular complexity index is 613. The van der Waals surface area contributed by atoms with Crippen molar-refractivity contribution in [3.05, 3.63) is 12.2 Å². The molecule has 1 rings (SSSR count). The summed E-state index contributed by atoms with van der Waals surface area (Å²) in [5, 5.41) is 14.6. The van der Waals surface area contributed by atoms with E-state index >= 15 is 0 Å². The molecule has 9 nitrogen and oxygen atoms in total. The lowest BCUT2D eigenvalue weighted by molar-refractivity contribution is 0.0278. The number of halogens is 1. The van der Waals surface area contributed by atoms with Crippen LogP contribution in [0.15, 0.2) is 11.3 Å². The van der Waals surface area contributed by atoms with Gasteiger partial charge in [0.2, 0.25) is 0 Å². The molecule has 0 radical (unpaired) electrons. The van der Waals surface area contributed by atoms with Crippen molar-refractivity contribution in [2.45, 2.75) is 53.2 Å². The van der Waals surface area contributed by atoms with Crippen LogP contribution in [0.5, 0.6) is 0 Å². The number of carbonyl (C=O) groups is 1. The number of hydrogen-bond donors (Lipinski definition) is 2. The molecule has 1 atom stereocenters. The third-order valence-corrected chi connectivity index (χ3v) is 3.79. The molecule has 0 spiro atoms. The van der Waals surface area contributed by atoms with Gasteiger partial charge in [-0.25, -0.2) is 4.79 Å². The van der Waals surface area contributed by atoms with E-state index in [4.69, 9.17) is 4.74 Å². The number of guanidine groups is 1. The first-order chi connectivity index (χ1) is 12.7. The fraction of sp³-hybridized carbons (Fsp3) is 0.778. The van der Waals surface area contributed by atoms with E-state index < -0.39 is 5.60 Å². The number of amides is 1. The summed E-state index contributed by atoms with van der Waals surface area (Å²) in [6.07, 6.45) is 2.29. The number of aromatic nitrogens is 3. The Balaban J connectivity index is 0.00000729. The number of carbonyl (C=O) groups excluding carboxylic acids is 1. The van der Waals surface area contributed by atoms with E-state index in [1.165, 1.54) is 0 Å². The molecule has 1 amide bonds. The monoisotopic (exact) mass is 509 g/mol. The molecule has 0 aromatic carbocycles. The third kappa shape index (κ3) is 10.1. The first kappa shape index (κ1) is 26.4. The summed E-state index contributed by atoms with van der Waals surface area (Å²) in [7, 11) is 3.49. The highest BCUT2D eigenvalue weighted by Crippen LogP contribution is 2.10. The van der Waals surface area contributed by atoms with Crippen LogP contribution in [0.4, 0.5) is 4.79 Å². The number of nitrogens with zero attached hydrogens (tertiary/aromatic N) is 5. The summed E-state index contributed by atoms with van der Waals surface area (Å²) in [6, 6.07) is 0. The Kier molecular flexibility index (Phi) is 12.1. The van der Waals surface area contributed by atoms with E-state index in [9.17, 15) is 4.79 Å². The SMILES string of the molecule is CCc1nncn1CCNC(=NC)NCC(C)CN(C)C(=O)OC(C)(C)C.I. The smallest absolute Gasteiger partial charge is 0.410 e. The van der Waals surface area contributed by atoms with Gasteiger partial charge < -0.3 is 24.8 Å². The van der Waals surface area contributed by atoms with Crippen LogP contribution in [-0.4, -0.2) is 71.0 Å². The van der Waals surface area contributed by atoms with Crippen molar-refractivity contribution in [3.8, 4) is 0 Å². The zero-order chi connectivity index (χ0) is 20.4. The predicted octanol–water partition coefficient (Wildman–Crippen LogP) is 2.13. The van der Waals surface area contributed by atoms with Gasteiger partial charge in [-0.05, 0) is 26.7 Å². The summed E-state index contributed by atoms with van der Waals surface area (Å²) >= 11 is 0. The Labute approximate surface area is 185 Å². The van der Waals surface area contributed by atoms with E-state index in [2.05, 4.69) is 39.7 Å². The van der Waals surface area contributed by atoms with Crippen molar-refractivity contribution in [2.75, 3.05) is 33.7 Å². The second kappa shape index (κ2) is 12.8. The van der Waals surface area contributed by atoms with Crippen LogP contribution in [0, 0.1) is 5.92 Å². The molecule has 0 aliphatic heterocycles. The van der Waals surface area contributed by atoms with E-state index in [1.54, 1.807) is 25.3 Å². The largest absolute Gasteiger partial charge is 0.444 e. The van der Waals surface area contributed by atoms with Crippen LogP contribution < -0.4 is 10.6 Å². The van der Waals surface area contributed by atoms with Crippen molar-refractivity contribution >= 4 is 36.0 Å². The van der Waals surface area contributed by atoms with Crippen molar-refractivity contribution in [2.24, 2.45) is 10.9 Å². The van der Waals surface area contributed by atoms with Crippen LogP contribution >= 0.6 is 24.0 Å². The van der Waals surface area contributed by atoms with Crippen LogP contribution in [0.25, 0.3) is 0 Å². The third-order valence-electron chi connectivity index (χ3n) is 3.79. The minimum absolute atomic E-state index is 0. The number of hydrogen-bond acceptors (Lipinski definition) is 5. The fourth-order valence-electron chi connectivity index (χ4n) is 2.47. The summed E-state index contributed by atoms with van der Waals surface area (Å²) in [6.45, 7) is 12.5. The normalized spacial score (nSPS) is 12.8. The highest BCUT2D eigenvalue weighted by Gasteiger charge is 2.20. The number of aryl methyl sites for hydroxylation is 1. The van der Waals surface area contributed by atoms with Crippen molar-refractivity contribution in [3.63, 3.8) is 0 Å². The first-order valence-electron chi connectivity index (χ1n) is 9.41. The van der Waals surface area contributed by atoms with Crippen LogP contribution in [0.1, 0.15) is 40.4 Å². The maximum Gasteiger partial charge on any atom is 0.410 e. The zero-order valence-electron chi connectivity index (χ0n) is 18.2. The number of rotatable bonds is 8. The molecule has 1 aromatic rings. The van der Waals surface area contributed by atoms with Gasteiger partial charge in [0.1, 0.15) is 17.8 Å². The predicted molar refractivity (Wildman–Crippen MR) is 122 cm³/mol. The van der Waals surface area contributed by atoms with E-state index in [0.29, 0.717) is 13.1 Å². The molecule has 0 fully saturated rings. The average Bonchev–Trinajstić information content (AvgIpc) is 3.03. The van der Waals surface area contributed by atoms with Crippen LogP contribution in [0.2, 0.25) is 0 Å². The van der Waals surface area contributed by atoms with Gasteiger partial charge in [-0.15, -0.1) is 34.2 Å². The lowest BCUT2D eigenvalue weighted by atomic mass is 10.1. The Morgan fingerprint density at radius 3 is 2.64 bits per heavy atom. The van der Waals surface area contributed by atoms with Crippen molar-refractivity contribution in [1.29, 1.82) is 0 Å². The number of aliphatic imine (C=N–C) groups is 1. The van der Waals surface area contributed by atoms with Gasteiger partial charge >= 0.3 is 6.09 Å². The Morgan fingerprint density at radius 2 is 2.07 bits per heavy atom. The van der Waals surface area contributed by atoms with Gasteiger partial charge in [0.15, 0.2) is 5.96 Å². The molecular formula is C18H36IN7O2. The molecule has 10 heteroatoms. The molecule has 0 saturated carbocycles. The molecular weight excluding hydrogens is 473 g/mol. The molecule has 162 valence electrons. The van der Waals surface area contributed by atoms with Gasteiger partial charge in [-0.1, -0.05) is 13.8 Å². The first-order valence-corrected chi connectivity index (χ1v) is 9.41. The summed E-state index contributed by atoms with van der Waals surface area (Å²) < 4.78 is 7.40. The summed E-state index contributed by atoms with van der Waals surface area (Å²) in [4.78, 5) is 17.9. The summed E-state index contributed by atoms with van der Waals surface area (Å²) in [5.41, 5.74) is -0.485. The van der Waals surface area contributed by atoms with Crippen LogP contribution in [0.3, 0.4) is 0 Å². The average molecular weight is 509 g/mol. The lowest BCUT2D eigenvalue weighted by Crippen LogP contribution is -2.43. The van der Waals surface area contributed by atoms with E-state index in [0.717, 1.165) is 31.3 Å². The molecule has 1 unspecified atom stereocenters. The Hall–Kier alpha value is -1.59.